The zero-order chi connectivity index (χ0) is 13.9. The van der Waals surface area contributed by atoms with E-state index in [4.69, 9.17) is 14.9 Å². The van der Waals surface area contributed by atoms with Gasteiger partial charge >= 0.3 is 0 Å². The lowest BCUT2D eigenvalue weighted by molar-refractivity contribution is 0.210. The van der Waals surface area contributed by atoms with Crippen LogP contribution in [0.2, 0.25) is 0 Å². The number of furan rings is 1. The molecule has 20 heavy (non-hydrogen) atoms. The summed E-state index contributed by atoms with van der Waals surface area (Å²) in [6, 6.07) is 3.52. The number of fused-ring (bicyclic) bond motifs is 1. The molecule has 9 heteroatoms. The predicted molar refractivity (Wildman–Crippen MR) is 71.1 cm³/mol. The summed E-state index contributed by atoms with van der Waals surface area (Å²) in [5.41, 5.74) is 5.84. The number of rotatable bonds is 5. The highest BCUT2D eigenvalue weighted by Gasteiger charge is 2.13. The van der Waals surface area contributed by atoms with E-state index in [0.29, 0.717) is 36.5 Å². The van der Waals surface area contributed by atoms with E-state index < -0.39 is 0 Å². The Bertz CT molecular complexity index is 707. The summed E-state index contributed by atoms with van der Waals surface area (Å²) >= 11 is 0. The van der Waals surface area contributed by atoms with Gasteiger partial charge in [-0.1, -0.05) is 0 Å². The third kappa shape index (κ3) is 2.26. The summed E-state index contributed by atoms with van der Waals surface area (Å²) in [6.07, 6.45) is 1.55. The van der Waals surface area contributed by atoms with E-state index in [1.165, 1.54) is 4.52 Å². The molecule has 0 saturated carbocycles. The van der Waals surface area contributed by atoms with Crippen LogP contribution in [-0.4, -0.2) is 44.8 Å². The van der Waals surface area contributed by atoms with Gasteiger partial charge in [0.1, 0.15) is 0 Å². The molecule has 3 N–H and O–H groups in total. The molecule has 3 aromatic heterocycles. The number of nitrogens with one attached hydrogen (secondary N) is 1. The number of hydrogen-bond acceptors (Lipinski definition) is 8. The van der Waals surface area contributed by atoms with Gasteiger partial charge < -0.3 is 20.2 Å². The molecule has 104 valence electrons. The number of nitrogen functional groups attached to an aromatic ring is 1. The fourth-order valence-corrected chi connectivity index (χ4v) is 1.66. The molecule has 0 saturated heterocycles. The summed E-state index contributed by atoms with van der Waals surface area (Å²) in [5.74, 6) is 1.88. The van der Waals surface area contributed by atoms with Crippen LogP contribution in [0.4, 0.5) is 11.9 Å². The van der Waals surface area contributed by atoms with Gasteiger partial charge in [-0.3, -0.25) is 0 Å². The van der Waals surface area contributed by atoms with Crippen molar-refractivity contribution in [2.45, 2.75) is 0 Å². The monoisotopic (exact) mass is 275 g/mol. The molecule has 9 nitrogen and oxygen atoms in total. The van der Waals surface area contributed by atoms with E-state index in [-0.39, 0.29) is 5.95 Å². The Kier molecular flexibility index (Phi) is 3.17. The van der Waals surface area contributed by atoms with Gasteiger partial charge in [-0.25, -0.2) is 0 Å². The van der Waals surface area contributed by atoms with Gasteiger partial charge in [-0.05, 0) is 12.1 Å². The molecule has 0 fully saturated rings. The van der Waals surface area contributed by atoms with Crippen molar-refractivity contribution in [3.63, 3.8) is 0 Å². The van der Waals surface area contributed by atoms with Gasteiger partial charge in [-0.15, -0.1) is 5.10 Å². The maximum absolute atomic E-state index is 5.84. The Morgan fingerprint density at radius 2 is 2.30 bits per heavy atom. The zero-order valence-electron chi connectivity index (χ0n) is 10.8. The van der Waals surface area contributed by atoms with Crippen molar-refractivity contribution in [1.29, 1.82) is 0 Å². The second kappa shape index (κ2) is 5.13. The number of nitrogens with two attached hydrogens (primary N) is 1. The van der Waals surface area contributed by atoms with Crippen molar-refractivity contribution in [3.8, 4) is 11.6 Å². The first-order chi connectivity index (χ1) is 9.78. The van der Waals surface area contributed by atoms with Crippen LogP contribution in [0.5, 0.6) is 0 Å². The smallest absolute Gasteiger partial charge is 0.259 e. The average Bonchev–Trinajstić information content (AvgIpc) is 3.07. The first kappa shape index (κ1) is 12.4. The van der Waals surface area contributed by atoms with Crippen molar-refractivity contribution >= 4 is 17.7 Å². The average molecular weight is 275 g/mol. The third-order valence-electron chi connectivity index (χ3n) is 2.56. The number of aromatic nitrogens is 5. The molecule has 0 unspecified atom stereocenters. The minimum absolute atomic E-state index is 0.195. The number of nitrogens with zero attached hydrogens (tertiary/aromatic N) is 5. The van der Waals surface area contributed by atoms with E-state index in [1.807, 2.05) is 0 Å². The minimum atomic E-state index is 0.195. The van der Waals surface area contributed by atoms with Crippen molar-refractivity contribution < 1.29 is 9.15 Å². The largest absolute Gasteiger partial charge is 0.461 e. The van der Waals surface area contributed by atoms with E-state index in [2.05, 4.69) is 25.4 Å². The molecular weight excluding hydrogens is 262 g/mol. The second-order valence-corrected chi connectivity index (χ2v) is 3.95. The molecule has 0 bridgehead atoms. The van der Waals surface area contributed by atoms with Gasteiger partial charge in [-0.2, -0.15) is 19.5 Å². The van der Waals surface area contributed by atoms with Crippen LogP contribution in [0.3, 0.4) is 0 Å². The standard InChI is InChI=1S/C11H13N7O2/c1-19-6-4-13-10-15-9(12)18-11(16-10)14-8(17-18)7-3-2-5-20-7/h2-3,5H,4,6H2,1H3,(H3,12,13,14,15,16,17). The molecule has 0 spiro atoms. The second-order valence-electron chi connectivity index (χ2n) is 3.95. The van der Waals surface area contributed by atoms with Crippen LogP contribution in [0.15, 0.2) is 22.8 Å². The highest BCUT2D eigenvalue weighted by Crippen LogP contribution is 2.17. The maximum atomic E-state index is 5.84. The van der Waals surface area contributed by atoms with Crippen molar-refractivity contribution in [2.75, 3.05) is 31.3 Å². The lowest BCUT2D eigenvalue weighted by atomic mass is 10.4. The first-order valence-corrected chi connectivity index (χ1v) is 5.95. The number of anilines is 2. The Balaban J connectivity index is 1.95. The van der Waals surface area contributed by atoms with Crippen LogP contribution in [0, 0.1) is 0 Å². The van der Waals surface area contributed by atoms with E-state index in [0.717, 1.165) is 0 Å². The van der Waals surface area contributed by atoms with Gasteiger partial charge in [0.15, 0.2) is 5.76 Å². The molecule has 0 aliphatic rings. The first-order valence-electron chi connectivity index (χ1n) is 5.95. The molecule has 3 aromatic rings. The summed E-state index contributed by atoms with van der Waals surface area (Å²) < 4.78 is 11.5. The Hall–Kier alpha value is -2.68. The molecule has 0 aromatic carbocycles. The Labute approximate surface area is 113 Å². The van der Waals surface area contributed by atoms with Gasteiger partial charge in [0, 0.05) is 13.7 Å². The molecule has 3 heterocycles. The molecule has 0 amide bonds. The van der Waals surface area contributed by atoms with E-state index in [1.54, 1.807) is 25.5 Å². The van der Waals surface area contributed by atoms with Crippen LogP contribution in [-0.2, 0) is 4.74 Å². The number of hydrogen-bond donors (Lipinski definition) is 2. The fourth-order valence-electron chi connectivity index (χ4n) is 1.66. The Morgan fingerprint density at radius 3 is 3.05 bits per heavy atom. The number of ether oxygens (including phenoxy) is 1. The zero-order valence-corrected chi connectivity index (χ0v) is 10.8. The van der Waals surface area contributed by atoms with Crippen molar-refractivity contribution in [2.24, 2.45) is 0 Å². The summed E-state index contributed by atoms with van der Waals surface area (Å²) in [4.78, 5) is 12.6. The van der Waals surface area contributed by atoms with Crippen molar-refractivity contribution in [3.05, 3.63) is 18.4 Å². The van der Waals surface area contributed by atoms with E-state index in [9.17, 15) is 0 Å². The van der Waals surface area contributed by atoms with Crippen LogP contribution in [0.25, 0.3) is 17.4 Å². The topological polar surface area (TPSA) is 116 Å². The molecule has 0 atom stereocenters. The lowest BCUT2D eigenvalue weighted by Crippen LogP contribution is -2.13. The SMILES string of the molecule is COCCNc1nc(N)n2nc(-c3ccco3)nc2n1. The number of methoxy groups -OCH3 is 1. The lowest BCUT2D eigenvalue weighted by Gasteiger charge is -2.04. The maximum Gasteiger partial charge on any atom is 0.259 e. The van der Waals surface area contributed by atoms with Crippen LogP contribution >= 0.6 is 0 Å². The van der Waals surface area contributed by atoms with E-state index >= 15 is 0 Å². The van der Waals surface area contributed by atoms with Gasteiger partial charge in [0.05, 0.1) is 12.9 Å². The summed E-state index contributed by atoms with van der Waals surface area (Å²) in [5, 5.41) is 7.19. The summed E-state index contributed by atoms with van der Waals surface area (Å²) in [7, 11) is 1.62. The van der Waals surface area contributed by atoms with Crippen molar-refractivity contribution in [1.82, 2.24) is 24.6 Å². The normalized spacial score (nSPS) is 11.1. The highest BCUT2D eigenvalue weighted by atomic mass is 16.5. The third-order valence-corrected chi connectivity index (χ3v) is 2.56. The molecular formula is C11H13N7O2. The molecule has 0 radical (unpaired) electrons. The highest BCUT2D eigenvalue weighted by molar-refractivity contribution is 5.52. The van der Waals surface area contributed by atoms with Crippen LogP contribution < -0.4 is 11.1 Å². The fraction of sp³-hybridized carbons (Fsp3) is 0.273. The Morgan fingerprint density at radius 1 is 1.40 bits per heavy atom. The van der Waals surface area contributed by atoms with Gasteiger partial charge in [0.2, 0.25) is 17.7 Å². The van der Waals surface area contributed by atoms with Gasteiger partial charge in [0.25, 0.3) is 5.78 Å². The predicted octanol–water partition coefficient (Wildman–Crippen LogP) is 0.420. The van der Waals surface area contributed by atoms with Crippen LogP contribution in [0.1, 0.15) is 0 Å². The molecule has 0 aliphatic heterocycles. The summed E-state index contributed by atoms with van der Waals surface area (Å²) in [6.45, 7) is 1.12. The molecule has 3 rings (SSSR count). The quantitative estimate of drug-likeness (QED) is 0.643. The minimum Gasteiger partial charge on any atom is -0.461 e. The molecule has 0 aliphatic carbocycles.